The molecule has 1 amide bonds. The van der Waals surface area contributed by atoms with Crippen LogP contribution in [0.3, 0.4) is 0 Å². The van der Waals surface area contributed by atoms with E-state index in [9.17, 15) is 28.1 Å². The van der Waals surface area contributed by atoms with E-state index in [2.05, 4.69) is 10.1 Å². The van der Waals surface area contributed by atoms with Crippen molar-refractivity contribution in [1.82, 2.24) is 4.31 Å². The van der Waals surface area contributed by atoms with Gasteiger partial charge in [0, 0.05) is 36.5 Å². The molecule has 31 heavy (non-hydrogen) atoms. The van der Waals surface area contributed by atoms with E-state index in [-0.39, 0.29) is 21.7 Å². The maximum Gasteiger partial charge on any atom is 0.338 e. The number of piperidine rings is 1. The number of nitro benzene ring substituents is 1. The predicted molar refractivity (Wildman–Crippen MR) is 111 cm³/mol. The van der Waals surface area contributed by atoms with Crippen LogP contribution in [-0.4, -0.2) is 49.7 Å². The average molecular weight is 447 g/mol. The van der Waals surface area contributed by atoms with Gasteiger partial charge in [0.1, 0.15) is 0 Å². The van der Waals surface area contributed by atoms with Crippen LogP contribution in [0.2, 0.25) is 0 Å². The third-order valence-electron chi connectivity index (χ3n) is 4.86. The number of esters is 1. The van der Waals surface area contributed by atoms with Gasteiger partial charge in [-0.25, -0.2) is 13.2 Å². The molecule has 1 N–H and O–H groups in total. The van der Waals surface area contributed by atoms with Gasteiger partial charge in [-0.15, -0.1) is 0 Å². The SMILES string of the molecule is COC(=O)c1cc(C(=O)Nc2cccc(S(=O)(=O)N3CCCCC3)c2)cc([N+](=O)[O-])c1. The first-order chi connectivity index (χ1) is 14.7. The molecule has 1 fully saturated rings. The highest BCUT2D eigenvalue weighted by Crippen LogP contribution is 2.24. The van der Waals surface area contributed by atoms with Crippen molar-refractivity contribution < 1.29 is 27.7 Å². The number of carbonyl (C=O) groups is 2. The smallest absolute Gasteiger partial charge is 0.338 e. The molecule has 164 valence electrons. The lowest BCUT2D eigenvalue weighted by Crippen LogP contribution is -2.35. The van der Waals surface area contributed by atoms with Crippen LogP contribution >= 0.6 is 0 Å². The third kappa shape index (κ3) is 5.06. The highest BCUT2D eigenvalue weighted by Gasteiger charge is 2.26. The molecule has 3 rings (SSSR count). The molecule has 1 aliphatic rings. The zero-order valence-electron chi connectivity index (χ0n) is 16.7. The Morgan fingerprint density at radius 1 is 1.06 bits per heavy atom. The molecule has 1 heterocycles. The number of anilines is 1. The lowest BCUT2D eigenvalue weighted by Gasteiger charge is -2.26. The van der Waals surface area contributed by atoms with Crippen molar-refractivity contribution in [3.8, 4) is 0 Å². The first-order valence-corrected chi connectivity index (χ1v) is 11.0. The van der Waals surface area contributed by atoms with Crippen LogP contribution in [-0.2, 0) is 14.8 Å². The first kappa shape index (κ1) is 22.4. The van der Waals surface area contributed by atoms with E-state index in [1.807, 2.05) is 0 Å². The van der Waals surface area contributed by atoms with Crippen molar-refractivity contribution in [2.24, 2.45) is 0 Å². The highest BCUT2D eigenvalue weighted by molar-refractivity contribution is 7.89. The van der Waals surface area contributed by atoms with Crippen molar-refractivity contribution in [3.63, 3.8) is 0 Å². The summed E-state index contributed by atoms with van der Waals surface area (Å²) in [5.74, 6) is -1.56. The van der Waals surface area contributed by atoms with Gasteiger partial charge in [-0.1, -0.05) is 12.5 Å². The summed E-state index contributed by atoms with van der Waals surface area (Å²) in [5, 5.41) is 13.7. The predicted octanol–water partition coefficient (Wildman–Crippen LogP) is 2.81. The second-order valence-corrected chi connectivity index (χ2v) is 8.90. The van der Waals surface area contributed by atoms with Gasteiger partial charge in [0.2, 0.25) is 10.0 Å². The molecule has 11 heteroatoms. The van der Waals surface area contributed by atoms with Gasteiger partial charge in [-0.3, -0.25) is 14.9 Å². The molecule has 0 atom stereocenters. The Hall–Kier alpha value is -3.31. The highest BCUT2D eigenvalue weighted by atomic mass is 32.2. The van der Waals surface area contributed by atoms with Gasteiger partial charge < -0.3 is 10.1 Å². The molecule has 0 unspecified atom stereocenters. The number of nitro groups is 1. The maximum atomic E-state index is 12.9. The van der Waals surface area contributed by atoms with Gasteiger partial charge in [0.05, 0.1) is 22.5 Å². The van der Waals surface area contributed by atoms with Crippen molar-refractivity contribution in [1.29, 1.82) is 0 Å². The molecular formula is C20H21N3O7S. The van der Waals surface area contributed by atoms with Gasteiger partial charge >= 0.3 is 5.97 Å². The Balaban J connectivity index is 1.87. The van der Waals surface area contributed by atoms with Gasteiger partial charge in [0.25, 0.3) is 11.6 Å². The molecule has 0 aliphatic carbocycles. The van der Waals surface area contributed by atoms with E-state index >= 15 is 0 Å². The van der Waals surface area contributed by atoms with Crippen molar-refractivity contribution in [2.75, 3.05) is 25.5 Å². The van der Waals surface area contributed by atoms with Crippen LogP contribution in [0.5, 0.6) is 0 Å². The molecule has 0 aromatic heterocycles. The molecular weight excluding hydrogens is 426 g/mol. The minimum absolute atomic E-state index is 0.0430. The molecule has 0 radical (unpaired) electrons. The van der Waals surface area contributed by atoms with E-state index < -0.39 is 32.5 Å². The summed E-state index contributed by atoms with van der Waals surface area (Å²) < 4.78 is 31.7. The van der Waals surface area contributed by atoms with E-state index in [4.69, 9.17) is 0 Å². The molecule has 0 saturated carbocycles. The lowest BCUT2D eigenvalue weighted by molar-refractivity contribution is -0.384. The number of benzene rings is 2. The summed E-state index contributed by atoms with van der Waals surface area (Å²) in [4.78, 5) is 34.9. The standard InChI is InChI=1S/C20H21N3O7S/c1-30-20(25)15-10-14(11-17(12-15)23(26)27)19(24)21-16-6-5-7-18(13-16)31(28,29)22-8-3-2-4-9-22/h5-7,10-13H,2-4,8-9H2,1H3,(H,21,24). The zero-order chi connectivity index (χ0) is 22.6. The molecule has 10 nitrogen and oxygen atoms in total. The van der Waals surface area contributed by atoms with Gasteiger partial charge in [-0.05, 0) is 37.1 Å². The number of methoxy groups -OCH3 is 1. The van der Waals surface area contributed by atoms with Crippen LogP contribution in [0, 0.1) is 10.1 Å². The average Bonchev–Trinajstić information content (AvgIpc) is 2.78. The monoisotopic (exact) mass is 447 g/mol. The number of nitrogens with one attached hydrogen (secondary N) is 1. The van der Waals surface area contributed by atoms with Crippen LogP contribution in [0.15, 0.2) is 47.4 Å². The van der Waals surface area contributed by atoms with Crippen molar-refractivity contribution in [2.45, 2.75) is 24.2 Å². The quantitative estimate of drug-likeness (QED) is 0.408. The fourth-order valence-corrected chi connectivity index (χ4v) is 4.84. The normalized spacial score (nSPS) is 14.6. The summed E-state index contributed by atoms with van der Waals surface area (Å²) in [6, 6.07) is 8.99. The molecule has 1 saturated heterocycles. The number of nitrogens with zero attached hydrogens (tertiary/aromatic N) is 2. The fraction of sp³-hybridized carbons (Fsp3) is 0.300. The maximum absolute atomic E-state index is 12.9. The van der Waals surface area contributed by atoms with Crippen LogP contribution in [0.25, 0.3) is 0 Å². The van der Waals surface area contributed by atoms with Gasteiger partial charge in [0.15, 0.2) is 0 Å². The molecule has 2 aromatic rings. The van der Waals surface area contributed by atoms with Crippen molar-refractivity contribution >= 4 is 33.3 Å². The number of carbonyl (C=O) groups excluding carboxylic acids is 2. The Morgan fingerprint density at radius 2 is 1.74 bits per heavy atom. The molecule has 0 spiro atoms. The van der Waals surface area contributed by atoms with Crippen LogP contribution in [0.4, 0.5) is 11.4 Å². The summed E-state index contributed by atoms with van der Waals surface area (Å²) in [7, 11) is -2.57. The fourth-order valence-electron chi connectivity index (χ4n) is 3.28. The second-order valence-electron chi connectivity index (χ2n) is 6.96. The largest absolute Gasteiger partial charge is 0.465 e. The van der Waals surface area contributed by atoms with E-state index in [0.717, 1.165) is 38.5 Å². The second kappa shape index (κ2) is 9.23. The summed E-state index contributed by atoms with van der Waals surface area (Å²) in [5.41, 5.74) is -0.536. The summed E-state index contributed by atoms with van der Waals surface area (Å²) >= 11 is 0. The topological polar surface area (TPSA) is 136 Å². The zero-order valence-corrected chi connectivity index (χ0v) is 17.6. The molecule has 1 aliphatic heterocycles. The number of hydrogen-bond acceptors (Lipinski definition) is 7. The molecule has 2 aromatic carbocycles. The van der Waals surface area contributed by atoms with Crippen LogP contribution < -0.4 is 5.32 Å². The number of hydrogen-bond donors (Lipinski definition) is 1. The third-order valence-corrected chi connectivity index (χ3v) is 6.75. The first-order valence-electron chi connectivity index (χ1n) is 9.52. The lowest BCUT2D eigenvalue weighted by atomic mass is 10.1. The minimum Gasteiger partial charge on any atom is -0.465 e. The number of non-ortho nitro benzene ring substituents is 1. The number of sulfonamides is 1. The minimum atomic E-state index is -3.69. The Morgan fingerprint density at radius 3 is 2.39 bits per heavy atom. The summed E-state index contributed by atoms with van der Waals surface area (Å²) in [6.07, 6.45) is 2.58. The summed E-state index contributed by atoms with van der Waals surface area (Å²) in [6.45, 7) is 0.895. The van der Waals surface area contributed by atoms with E-state index in [0.29, 0.717) is 13.1 Å². The van der Waals surface area contributed by atoms with Crippen LogP contribution in [0.1, 0.15) is 40.0 Å². The Labute approximate surface area is 179 Å². The van der Waals surface area contributed by atoms with Gasteiger partial charge in [-0.2, -0.15) is 4.31 Å². The number of ether oxygens (including phenoxy) is 1. The molecule has 0 bridgehead atoms. The number of rotatable bonds is 6. The number of amides is 1. The Kier molecular flexibility index (Phi) is 6.66. The Bertz CT molecular complexity index is 1130. The van der Waals surface area contributed by atoms with Crippen molar-refractivity contribution in [3.05, 3.63) is 63.7 Å². The van der Waals surface area contributed by atoms with E-state index in [1.165, 1.54) is 34.6 Å². The van der Waals surface area contributed by atoms with E-state index in [1.54, 1.807) is 0 Å².